The highest BCUT2D eigenvalue weighted by Gasteiger charge is 1.52. The van der Waals surface area contributed by atoms with E-state index < -0.39 is 0 Å². The van der Waals surface area contributed by atoms with Crippen molar-refractivity contribution in [3.63, 3.8) is 0 Å². The van der Waals surface area contributed by atoms with E-state index in [1.54, 1.807) is 0 Å². The van der Waals surface area contributed by atoms with Gasteiger partial charge in [-0.25, -0.2) is 0 Å². The predicted octanol–water partition coefficient (Wildman–Crippen LogP) is 1.40. The highest BCUT2D eigenvalue weighted by atomic mass is 32.1. The maximum absolute atomic E-state index is 4.42. The maximum Gasteiger partial charge on any atom is 0.0514 e. The first-order valence-electron chi connectivity index (χ1n) is 1.84. The van der Waals surface area contributed by atoms with Gasteiger partial charge in [-0.1, -0.05) is 31.0 Å². The van der Waals surface area contributed by atoms with Crippen LogP contribution < -0.4 is 0 Å². The van der Waals surface area contributed by atoms with Crippen LogP contribution in [0.15, 0.2) is 0 Å². The summed E-state index contributed by atoms with van der Waals surface area (Å²) in [6.45, 7) is 1.99. The van der Waals surface area contributed by atoms with Crippen molar-refractivity contribution >= 4 is 17.6 Å². The van der Waals surface area contributed by atoms with E-state index in [0.717, 1.165) is 6.42 Å². The lowest BCUT2D eigenvalue weighted by atomic mass is 10.5. The van der Waals surface area contributed by atoms with Crippen LogP contribution in [0.4, 0.5) is 0 Å². The summed E-state index contributed by atoms with van der Waals surface area (Å²) in [5.41, 5.74) is 0. The molecule has 0 bridgehead atoms. The van der Waals surface area contributed by atoms with E-state index in [2.05, 4.69) is 24.1 Å². The van der Waals surface area contributed by atoms with E-state index in [1.165, 1.54) is 5.37 Å². The van der Waals surface area contributed by atoms with Crippen molar-refractivity contribution < 1.29 is 0 Å². The topological polar surface area (TPSA) is 0 Å². The molecule has 0 aliphatic heterocycles. The fraction of sp³-hybridized carbons (Fsp3) is 0.400. The second-order valence-corrected chi connectivity index (χ2v) is 1.03. The van der Waals surface area contributed by atoms with Crippen LogP contribution >= 0.6 is 12.2 Å². The van der Waals surface area contributed by atoms with Gasteiger partial charge in [-0.3, -0.25) is 0 Å². The molecule has 0 rings (SSSR count). The van der Waals surface area contributed by atoms with Crippen LogP contribution in [0, 0.1) is 11.8 Å². The smallest absolute Gasteiger partial charge is 0.0514 e. The van der Waals surface area contributed by atoms with Gasteiger partial charge in [0.2, 0.25) is 0 Å². The molecule has 0 saturated heterocycles. The zero-order chi connectivity index (χ0) is 4.83. The molecule has 0 aromatic rings. The van der Waals surface area contributed by atoms with Gasteiger partial charge in [0.25, 0.3) is 0 Å². The van der Waals surface area contributed by atoms with Crippen molar-refractivity contribution in [1.82, 2.24) is 0 Å². The van der Waals surface area contributed by atoms with Crippen LogP contribution in [0.2, 0.25) is 0 Å². The number of hydrogen-bond acceptors (Lipinski definition) is 1. The molecule has 32 valence electrons. The minimum Gasteiger partial charge on any atom is -0.0979 e. The summed E-state index contributed by atoms with van der Waals surface area (Å²) in [6.07, 6.45) is 0.896. The summed E-state index contributed by atoms with van der Waals surface area (Å²) < 4.78 is 0. The molecule has 0 aromatic heterocycles. The van der Waals surface area contributed by atoms with E-state index in [0.29, 0.717) is 0 Å². The van der Waals surface area contributed by atoms with Crippen LogP contribution in [-0.2, 0) is 0 Å². The quantitative estimate of drug-likeness (QED) is 0.326. The minimum atomic E-state index is 0.896. The Labute approximate surface area is 43.6 Å². The van der Waals surface area contributed by atoms with E-state index in [4.69, 9.17) is 0 Å². The van der Waals surface area contributed by atoms with Crippen LogP contribution in [0.1, 0.15) is 13.3 Å². The second-order valence-electron chi connectivity index (χ2n) is 0.793. The summed E-state index contributed by atoms with van der Waals surface area (Å²) in [5.74, 6) is 5.43. The predicted molar refractivity (Wildman–Crippen MR) is 31.7 cm³/mol. The Morgan fingerprint density at radius 2 is 2.50 bits per heavy atom. The van der Waals surface area contributed by atoms with Gasteiger partial charge in [0.1, 0.15) is 0 Å². The Kier molecular flexibility index (Phi) is 4.38. The summed E-state index contributed by atoms with van der Waals surface area (Å²) in [5, 5.41) is 1.43. The fourth-order valence-electron chi connectivity index (χ4n) is 0.144. The van der Waals surface area contributed by atoms with Crippen LogP contribution in [-0.4, -0.2) is 5.37 Å². The van der Waals surface area contributed by atoms with Crippen molar-refractivity contribution in [2.45, 2.75) is 13.3 Å². The third-order valence-corrected chi connectivity index (χ3v) is 0.456. The lowest BCUT2D eigenvalue weighted by Gasteiger charge is -1.59. The van der Waals surface area contributed by atoms with Crippen molar-refractivity contribution in [2.24, 2.45) is 0 Å². The molecule has 0 fully saturated rings. The summed E-state index contributed by atoms with van der Waals surface area (Å²) in [7, 11) is 0. The Balaban J connectivity index is 3.13. The number of hydrogen-bond donors (Lipinski definition) is 0. The molecule has 0 heterocycles. The monoisotopic (exact) mass is 98.0 g/mol. The Bertz CT molecular complexity index is 83.8. The molecule has 1 heteroatoms. The molecular formula is C5H6S. The van der Waals surface area contributed by atoms with Gasteiger partial charge in [0.15, 0.2) is 0 Å². The average Bonchev–Trinajstić information content (AvgIpc) is 1.61. The van der Waals surface area contributed by atoms with E-state index >= 15 is 0 Å². The minimum absolute atomic E-state index is 0.896. The van der Waals surface area contributed by atoms with Gasteiger partial charge in [-0.2, -0.15) is 0 Å². The van der Waals surface area contributed by atoms with Crippen molar-refractivity contribution in [3.05, 3.63) is 0 Å². The fourth-order valence-corrected chi connectivity index (χ4v) is 0.227. The van der Waals surface area contributed by atoms with Crippen molar-refractivity contribution in [3.8, 4) is 11.8 Å². The standard InChI is InChI=1S/C5H6S/c1-2-3-4-5-6/h5H,2H2,1H3. The van der Waals surface area contributed by atoms with Crippen LogP contribution in [0.5, 0.6) is 0 Å². The Morgan fingerprint density at radius 1 is 1.83 bits per heavy atom. The van der Waals surface area contributed by atoms with Crippen LogP contribution in [0.25, 0.3) is 0 Å². The van der Waals surface area contributed by atoms with E-state index in [9.17, 15) is 0 Å². The third-order valence-electron chi connectivity index (χ3n) is 0.338. The first-order chi connectivity index (χ1) is 2.91. The molecule has 0 spiro atoms. The lowest BCUT2D eigenvalue weighted by molar-refractivity contribution is 1.28. The van der Waals surface area contributed by atoms with Gasteiger partial charge in [-0.05, 0) is 0 Å². The largest absolute Gasteiger partial charge is 0.0979 e. The molecule has 0 N–H and O–H groups in total. The summed E-state index contributed by atoms with van der Waals surface area (Å²) >= 11 is 4.42. The van der Waals surface area contributed by atoms with Gasteiger partial charge >= 0.3 is 0 Å². The van der Waals surface area contributed by atoms with Crippen LogP contribution in [0.3, 0.4) is 0 Å². The van der Waals surface area contributed by atoms with Crippen molar-refractivity contribution in [1.29, 1.82) is 0 Å². The maximum atomic E-state index is 4.42. The molecule has 6 heavy (non-hydrogen) atoms. The third kappa shape index (κ3) is 3.65. The lowest BCUT2D eigenvalue weighted by Crippen LogP contribution is -1.53. The molecule has 0 amide bonds. The van der Waals surface area contributed by atoms with Gasteiger partial charge in [0, 0.05) is 6.42 Å². The molecule has 0 aliphatic carbocycles. The molecule has 0 aromatic carbocycles. The molecule has 0 nitrogen and oxygen atoms in total. The normalized spacial score (nSPS) is 5.50. The molecule has 0 unspecified atom stereocenters. The SMILES string of the molecule is CCC#CC=S. The number of rotatable bonds is 0. The first-order valence-corrected chi connectivity index (χ1v) is 2.31. The molecule has 0 radical (unpaired) electrons. The average molecular weight is 98.2 g/mol. The zero-order valence-electron chi connectivity index (χ0n) is 3.69. The highest BCUT2D eigenvalue weighted by Crippen LogP contribution is 1.62. The Hall–Kier alpha value is -0.350. The van der Waals surface area contributed by atoms with E-state index in [1.807, 2.05) is 6.92 Å². The zero-order valence-corrected chi connectivity index (χ0v) is 4.51. The molecule has 0 saturated carbocycles. The second kappa shape index (κ2) is 4.65. The van der Waals surface area contributed by atoms with Gasteiger partial charge < -0.3 is 0 Å². The highest BCUT2D eigenvalue weighted by molar-refractivity contribution is 7.79. The van der Waals surface area contributed by atoms with Crippen molar-refractivity contribution in [2.75, 3.05) is 0 Å². The molecule has 0 aliphatic rings. The Morgan fingerprint density at radius 3 is 2.67 bits per heavy atom. The van der Waals surface area contributed by atoms with Gasteiger partial charge in [0.05, 0.1) is 5.37 Å². The molecular weight excluding hydrogens is 92.1 g/mol. The summed E-state index contributed by atoms with van der Waals surface area (Å²) in [6, 6.07) is 0. The molecule has 0 atom stereocenters. The summed E-state index contributed by atoms with van der Waals surface area (Å²) in [4.78, 5) is 0. The van der Waals surface area contributed by atoms with E-state index in [-0.39, 0.29) is 0 Å². The number of thiocarbonyl (C=S) groups is 1. The first kappa shape index (κ1) is 5.65. The van der Waals surface area contributed by atoms with Gasteiger partial charge in [-0.15, -0.1) is 0 Å².